The average Bonchev–Trinajstić information content (AvgIpc) is 2.53. The fraction of sp³-hybridized carbons (Fsp3) is 0. The lowest BCUT2D eigenvalue weighted by molar-refractivity contribution is 0.552. The Morgan fingerprint density at radius 3 is 3.07 bits per heavy atom. The van der Waals surface area contributed by atoms with Gasteiger partial charge in [0.2, 0.25) is 0 Å². The first-order valence-corrected chi connectivity index (χ1v) is 4.10. The molecule has 0 unspecified atom stereocenters. The summed E-state index contributed by atoms with van der Waals surface area (Å²) >= 11 is 0. The van der Waals surface area contributed by atoms with Gasteiger partial charge < -0.3 is 8.83 Å². The molecule has 4 heteroatoms. The van der Waals surface area contributed by atoms with Crippen molar-refractivity contribution in [3.8, 4) is 0 Å². The highest BCUT2D eigenvalue weighted by Gasteiger charge is 2.03. The molecule has 14 heavy (non-hydrogen) atoms. The Hall–Kier alpha value is -2.10. The first-order valence-electron chi connectivity index (χ1n) is 4.10. The molecule has 0 saturated carbocycles. The Morgan fingerprint density at radius 2 is 2.14 bits per heavy atom. The number of aromatic nitrogens is 1. The van der Waals surface area contributed by atoms with Gasteiger partial charge in [-0.1, -0.05) is 0 Å². The molecular formula is C10H5NO3. The predicted molar refractivity (Wildman–Crippen MR) is 50.1 cm³/mol. The summed E-state index contributed by atoms with van der Waals surface area (Å²) in [5, 5.41) is 1.85. The largest absolute Gasteiger partial charge is 0.472 e. The highest BCUT2D eigenvalue weighted by atomic mass is 16.4. The van der Waals surface area contributed by atoms with Crippen molar-refractivity contribution in [1.29, 1.82) is 0 Å². The van der Waals surface area contributed by atoms with Gasteiger partial charge in [0, 0.05) is 5.39 Å². The SMILES string of the molecule is O=c1nc2cc3ccocc3cc2o1. The Morgan fingerprint density at radius 1 is 1.21 bits per heavy atom. The van der Waals surface area contributed by atoms with Crippen LogP contribution < -0.4 is 5.76 Å². The smallest absolute Gasteiger partial charge is 0.439 e. The van der Waals surface area contributed by atoms with Gasteiger partial charge in [0.05, 0.1) is 12.5 Å². The van der Waals surface area contributed by atoms with Crippen molar-refractivity contribution in [3.05, 3.63) is 41.3 Å². The third kappa shape index (κ3) is 0.939. The normalized spacial score (nSPS) is 11.1. The molecule has 0 aliphatic carbocycles. The number of hydrogen-bond donors (Lipinski definition) is 0. The minimum atomic E-state index is -0.563. The third-order valence-electron chi connectivity index (χ3n) is 2.09. The van der Waals surface area contributed by atoms with Crippen molar-refractivity contribution in [2.75, 3.05) is 0 Å². The van der Waals surface area contributed by atoms with Crippen molar-refractivity contribution < 1.29 is 8.83 Å². The van der Waals surface area contributed by atoms with Gasteiger partial charge in [0.15, 0.2) is 5.58 Å². The highest BCUT2D eigenvalue weighted by Crippen LogP contribution is 2.19. The Bertz CT molecular complexity index is 610. The van der Waals surface area contributed by atoms with Crippen LogP contribution in [0.2, 0.25) is 0 Å². The molecule has 0 N–H and O–H groups in total. The second-order valence-corrected chi connectivity index (χ2v) is 2.99. The Labute approximate surface area is 77.8 Å². The van der Waals surface area contributed by atoms with E-state index in [1.165, 1.54) is 0 Å². The molecule has 68 valence electrons. The maximum atomic E-state index is 10.9. The van der Waals surface area contributed by atoms with Gasteiger partial charge in [-0.25, -0.2) is 4.79 Å². The van der Waals surface area contributed by atoms with E-state index in [4.69, 9.17) is 8.83 Å². The van der Waals surface area contributed by atoms with Crippen LogP contribution in [0.4, 0.5) is 0 Å². The van der Waals surface area contributed by atoms with Crippen LogP contribution in [0.5, 0.6) is 0 Å². The van der Waals surface area contributed by atoms with Gasteiger partial charge in [-0.2, -0.15) is 4.98 Å². The minimum Gasteiger partial charge on any atom is -0.472 e. The molecule has 0 bridgehead atoms. The third-order valence-corrected chi connectivity index (χ3v) is 2.09. The number of hydrogen-bond acceptors (Lipinski definition) is 4. The highest BCUT2D eigenvalue weighted by molar-refractivity contribution is 5.93. The van der Waals surface area contributed by atoms with Gasteiger partial charge in [-0.3, -0.25) is 0 Å². The van der Waals surface area contributed by atoms with E-state index in [9.17, 15) is 4.79 Å². The summed E-state index contributed by atoms with van der Waals surface area (Å²) < 4.78 is 9.87. The minimum absolute atomic E-state index is 0.490. The molecule has 2 heterocycles. The van der Waals surface area contributed by atoms with Crippen molar-refractivity contribution in [3.63, 3.8) is 0 Å². The molecule has 0 saturated heterocycles. The zero-order valence-corrected chi connectivity index (χ0v) is 7.06. The van der Waals surface area contributed by atoms with E-state index >= 15 is 0 Å². The Kier molecular flexibility index (Phi) is 1.28. The van der Waals surface area contributed by atoms with Gasteiger partial charge in [-0.15, -0.1) is 0 Å². The fourth-order valence-corrected chi connectivity index (χ4v) is 1.46. The number of benzene rings is 1. The molecule has 0 radical (unpaired) electrons. The van der Waals surface area contributed by atoms with Crippen molar-refractivity contribution in [1.82, 2.24) is 4.98 Å². The van der Waals surface area contributed by atoms with E-state index in [1.807, 2.05) is 6.07 Å². The molecule has 0 aliphatic rings. The molecule has 3 aromatic rings. The van der Waals surface area contributed by atoms with Gasteiger partial charge in [0.25, 0.3) is 0 Å². The van der Waals surface area contributed by atoms with Crippen LogP contribution in [0.15, 0.2) is 44.4 Å². The van der Waals surface area contributed by atoms with Gasteiger partial charge in [-0.05, 0) is 23.6 Å². The van der Waals surface area contributed by atoms with Crippen molar-refractivity contribution in [2.24, 2.45) is 0 Å². The van der Waals surface area contributed by atoms with Crippen LogP contribution in [0, 0.1) is 0 Å². The summed E-state index contributed by atoms with van der Waals surface area (Å²) in [7, 11) is 0. The zero-order chi connectivity index (χ0) is 9.54. The molecule has 0 atom stereocenters. The lowest BCUT2D eigenvalue weighted by atomic mass is 10.2. The maximum Gasteiger partial charge on any atom is 0.439 e. The second kappa shape index (κ2) is 2.45. The average molecular weight is 187 g/mol. The van der Waals surface area contributed by atoms with E-state index in [1.54, 1.807) is 24.7 Å². The summed E-state index contributed by atoms with van der Waals surface area (Å²) in [6.07, 6.45) is 3.17. The monoisotopic (exact) mass is 187 g/mol. The van der Waals surface area contributed by atoms with Crippen LogP contribution >= 0.6 is 0 Å². The maximum absolute atomic E-state index is 10.9. The molecule has 4 nitrogen and oxygen atoms in total. The summed E-state index contributed by atoms with van der Waals surface area (Å²) in [6.45, 7) is 0. The molecule has 0 fully saturated rings. The first kappa shape index (κ1) is 7.32. The lowest BCUT2D eigenvalue weighted by Crippen LogP contribution is -1.92. The molecule has 0 spiro atoms. The van der Waals surface area contributed by atoms with Gasteiger partial charge >= 0.3 is 5.76 Å². The zero-order valence-electron chi connectivity index (χ0n) is 7.06. The van der Waals surface area contributed by atoms with Crippen LogP contribution in [0.1, 0.15) is 0 Å². The van der Waals surface area contributed by atoms with Crippen LogP contribution in [0.3, 0.4) is 0 Å². The second-order valence-electron chi connectivity index (χ2n) is 2.99. The topological polar surface area (TPSA) is 56.2 Å². The van der Waals surface area contributed by atoms with Crippen LogP contribution in [0.25, 0.3) is 21.9 Å². The van der Waals surface area contributed by atoms with Crippen LogP contribution in [-0.2, 0) is 0 Å². The summed E-state index contributed by atoms with van der Waals surface area (Å²) in [4.78, 5) is 14.6. The molecule has 0 aliphatic heterocycles. The quantitative estimate of drug-likeness (QED) is 0.539. The van der Waals surface area contributed by atoms with E-state index in [0.29, 0.717) is 11.1 Å². The van der Waals surface area contributed by atoms with Gasteiger partial charge in [0.1, 0.15) is 5.52 Å². The Balaban J connectivity index is 2.57. The summed E-state index contributed by atoms with van der Waals surface area (Å²) in [5.41, 5.74) is 1.07. The molecule has 1 aromatic carbocycles. The van der Waals surface area contributed by atoms with E-state index in [-0.39, 0.29) is 0 Å². The number of fused-ring (bicyclic) bond motifs is 2. The molecule has 0 amide bonds. The number of nitrogens with zero attached hydrogens (tertiary/aromatic N) is 1. The van der Waals surface area contributed by atoms with E-state index in [2.05, 4.69) is 4.98 Å². The molecular weight excluding hydrogens is 182 g/mol. The lowest BCUT2D eigenvalue weighted by Gasteiger charge is -1.94. The van der Waals surface area contributed by atoms with E-state index in [0.717, 1.165) is 10.8 Å². The standard InChI is InChI=1S/C10H5NO3/c12-10-11-8-3-6-1-2-13-5-7(6)4-9(8)14-10/h1-5H. The molecule has 2 aromatic heterocycles. The summed E-state index contributed by atoms with van der Waals surface area (Å²) in [6, 6.07) is 5.35. The van der Waals surface area contributed by atoms with Crippen LogP contribution in [-0.4, -0.2) is 4.98 Å². The number of rotatable bonds is 0. The summed E-state index contributed by atoms with van der Waals surface area (Å²) in [5.74, 6) is -0.563. The number of oxazole rings is 1. The van der Waals surface area contributed by atoms with E-state index < -0.39 is 5.76 Å². The molecule has 3 rings (SSSR count). The van der Waals surface area contributed by atoms with Crippen molar-refractivity contribution in [2.45, 2.75) is 0 Å². The predicted octanol–water partition coefficient (Wildman–Crippen LogP) is 1.93. The fourth-order valence-electron chi connectivity index (χ4n) is 1.46. The van der Waals surface area contributed by atoms with Crippen molar-refractivity contribution >= 4 is 21.9 Å². The first-order chi connectivity index (χ1) is 6.83.